The van der Waals surface area contributed by atoms with Crippen molar-refractivity contribution in [1.29, 1.82) is 0 Å². The van der Waals surface area contributed by atoms with Crippen LogP contribution in [0.1, 0.15) is 19.2 Å². The second kappa shape index (κ2) is 8.84. The highest BCUT2D eigenvalue weighted by atomic mass is 79.9. The number of carbonyl (C=O) groups is 2. The Morgan fingerprint density at radius 1 is 1.38 bits per heavy atom. The zero-order valence-electron chi connectivity index (χ0n) is 13.2. The number of hydrogen-bond acceptors (Lipinski definition) is 5. The minimum Gasteiger partial charge on any atom is -0.370 e. The van der Waals surface area contributed by atoms with E-state index in [9.17, 15) is 9.59 Å². The van der Waals surface area contributed by atoms with E-state index >= 15 is 0 Å². The molecule has 0 saturated carbocycles. The maximum absolute atomic E-state index is 12.1. The van der Waals surface area contributed by atoms with Gasteiger partial charge in [-0.3, -0.25) is 9.59 Å². The van der Waals surface area contributed by atoms with Crippen LogP contribution in [0.25, 0.3) is 0 Å². The van der Waals surface area contributed by atoms with Gasteiger partial charge in [-0.25, -0.2) is 0 Å². The molecule has 7 nitrogen and oxygen atoms in total. The SMILES string of the molecule is CCn1c(CCC(N)=O)nnc1SCC(=O)Nc1cccc(Br)c1. The Hall–Kier alpha value is -1.87. The van der Waals surface area contributed by atoms with E-state index in [-0.39, 0.29) is 24.0 Å². The van der Waals surface area contributed by atoms with Crippen molar-refractivity contribution >= 4 is 45.2 Å². The number of thioether (sulfide) groups is 1. The van der Waals surface area contributed by atoms with Gasteiger partial charge < -0.3 is 15.6 Å². The summed E-state index contributed by atoms with van der Waals surface area (Å²) in [5, 5.41) is 11.7. The molecule has 9 heteroatoms. The van der Waals surface area contributed by atoms with Gasteiger partial charge in [-0.2, -0.15) is 0 Å². The zero-order chi connectivity index (χ0) is 17.5. The lowest BCUT2D eigenvalue weighted by atomic mass is 10.3. The molecule has 2 amide bonds. The summed E-state index contributed by atoms with van der Waals surface area (Å²) in [6.07, 6.45) is 0.674. The smallest absolute Gasteiger partial charge is 0.234 e. The number of aromatic nitrogens is 3. The fourth-order valence-electron chi connectivity index (χ4n) is 2.06. The molecule has 1 aromatic carbocycles. The third kappa shape index (κ3) is 5.34. The van der Waals surface area contributed by atoms with Crippen LogP contribution in [0.5, 0.6) is 0 Å². The van der Waals surface area contributed by atoms with Gasteiger partial charge in [-0.05, 0) is 25.1 Å². The zero-order valence-corrected chi connectivity index (χ0v) is 15.6. The molecule has 0 fully saturated rings. The van der Waals surface area contributed by atoms with Crippen LogP contribution >= 0.6 is 27.7 Å². The number of carbonyl (C=O) groups excluding carboxylic acids is 2. The summed E-state index contributed by atoms with van der Waals surface area (Å²) in [5.41, 5.74) is 5.89. The minimum atomic E-state index is -0.372. The summed E-state index contributed by atoms with van der Waals surface area (Å²) >= 11 is 4.67. The van der Waals surface area contributed by atoms with Crippen LogP contribution in [0.3, 0.4) is 0 Å². The van der Waals surface area contributed by atoms with Gasteiger partial charge in [-0.15, -0.1) is 10.2 Å². The average Bonchev–Trinajstić information content (AvgIpc) is 2.93. The van der Waals surface area contributed by atoms with Gasteiger partial charge in [0.15, 0.2) is 5.16 Å². The van der Waals surface area contributed by atoms with E-state index in [2.05, 4.69) is 31.4 Å². The standard InChI is InChI=1S/C15H18BrN5O2S/c1-2-21-13(7-6-12(17)22)19-20-15(21)24-9-14(23)18-11-5-3-4-10(16)8-11/h3-5,8H,2,6-7,9H2,1H3,(H2,17,22)(H,18,23). The molecule has 0 spiro atoms. The Morgan fingerprint density at radius 3 is 2.83 bits per heavy atom. The number of halogens is 1. The van der Waals surface area contributed by atoms with E-state index in [1.807, 2.05) is 35.8 Å². The molecule has 0 bridgehead atoms. The first-order valence-electron chi connectivity index (χ1n) is 7.38. The lowest BCUT2D eigenvalue weighted by Crippen LogP contribution is -2.15. The molecule has 0 radical (unpaired) electrons. The fourth-order valence-corrected chi connectivity index (χ4v) is 3.28. The van der Waals surface area contributed by atoms with Gasteiger partial charge in [0.2, 0.25) is 11.8 Å². The second-order valence-electron chi connectivity index (χ2n) is 4.96. The van der Waals surface area contributed by atoms with E-state index in [0.717, 1.165) is 10.2 Å². The van der Waals surface area contributed by atoms with Crippen LogP contribution in [-0.4, -0.2) is 32.3 Å². The predicted octanol–water partition coefficient (Wildman–Crippen LogP) is 2.21. The number of nitrogens with zero attached hydrogens (tertiary/aromatic N) is 3. The van der Waals surface area contributed by atoms with Crippen molar-refractivity contribution in [2.24, 2.45) is 5.73 Å². The molecule has 0 unspecified atom stereocenters. The molecule has 0 saturated heterocycles. The highest BCUT2D eigenvalue weighted by Gasteiger charge is 2.13. The Morgan fingerprint density at radius 2 is 2.17 bits per heavy atom. The van der Waals surface area contributed by atoms with Crippen molar-refractivity contribution in [2.75, 3.05) is 11.1 Å². The molecule has 2 rings (SSSR count). The summed E-state index contributed by atoms with van der Waals surface area (Å²) in [7, 11) is 0. The van der Waals surface area contributed by atoms with E-state index in [0.29, 0.717) is 23.9 Å². The number of benzene rings is 1. The molecule has 1 heterocycles. The number of anilines is 1. The topological polar surface area (TPSA) is 103 Å². The minimum absolute atomic E-state index is 0.123. The summed E-state index contributed by atoms with van der Waals surface area (Å²) in [5.74, 6) is 0.428. The Bertz CT molecular complexity index is 734. The van der Waals surface area contributed by atoms with Gasteiger partial charge in [0.1, 0.15) is 5.82 Å². The Kier molecular flexibility index (Phi) is 6.80. The van der Waals surface area contributed by atoms with Crippen LogP contribution in [0.2, 0.25) is 0 Å². The number of nitrogens with two attached hydrogens (primary N) is 1. The molecule has 3 N–H and O–H groups in total. The fraction of sp³-hybridized carbons (Fsp3) is 0.333. The molecule has 0 aliphatic heterocycles. The van der Waals surface area contributed by atoms with Crippen LogP contribution < -0.4 is 11.1 Å². The molecule has 24 heavy (non-hydrogen) atoms. The van der Waals surface area contributed by atoms with Crippen LogP contribution in [0.4, 0.5) is 5.69 Å². The average molecular weight is 412 g/mol. The lowest BCUT2D eigenvalue weighted by molar-refractivity contribution is -0.118. The third-order valence-corrected chi connectivity index (χ3v) is 4.61. The maximum Gasteiger partial charge on any atom is 0.234 e. The molecule has 2 aromatic rings. The highest BCUT2D eigenvalue weighted by molar-refractivity contribution is 9.10. The predicted molar refractivity (Wildman–Crippen MR) is 96.7 cm³/mol. The van der Waals surface area contributed by atoms with Crippen LogP contribution in [-0.2, 0) is 22.6 Å². The van der Waals surface area contributed by atoms with E-state index < -0.39 is 0 Å². The number of hydrogen-bond donors (Lipinski definition) is 2. The third-order valence-electron chi connectivity index (χ3n) is 3.15. The number of nitrogens with one attached hydrogen (secondary N) is 1. The normalized spacial score (nSPS) is 10.6. The first kappa shape index (κ1) is 18.5. The monoisotopic (exact) mass is 411 g/mol. The number of aryl methyl sites for hydroxylation is 1. The second-order valence-corrected chi connectivity index (χ2v) is 6.81. The number of amides is 2. The largest absolute Gasteiger partial charge is 0.370 e. The molecular formula is C15H18BrN5O2S. The quantitative estimate of drug-likeness (QED) is 0.648. The van der Waals surface area contributed by atoms with Gasteiger partial charge in [-0.1, -0.05) is 33.8 Å². The van der Waals surface area contributed by atoms with Crippen molar-refractivity contribution in [3.05, 3.63) is 34.6 Å². The molecule has 128 valence electrons. The van der Waals surface area contributed by atoms with Gasteiger partial charge >= 0.3 is 0 Å². The Labute approximate surface area is 152 Å². The number of primary amides is 1. The van der Waals surface area contributed by atoms with Crippen molar-refractivity contribution in [3.63, 3.8) is 0 Å². The van der Waals surface area contributed by atoms with Gasteiger partial charge in [0.25, 0.3) is 0 Å². The van der Waals surface area contributed by atoms with Gasteiger partial charge in [0, 0.05) is 29.5 Å². The molecule has 1 aromatic heterocycles. The van der Waals surface area contributed by atoms with Gasteiger partial charge in [0.05, 0.1) is 5.75 Å². The van der Waals surface area contributed by atoms with E-state index in [1.165, 1.54) is 11.8 Å². The van der Waals surface area contributed by atoms with Crippen molar-refractivity contribution < 1.29 is 9.59 Å². The molecule has 0 aliphatic rings. The number of rotatable bonds is 8. The molecular weight excluding hydrogens is 394 g/mol. The van der Waals surface area contributed by atoms with Crippen molar-refractivity contribution in [1.82, 2.24) is 14.8 Å². The summed E-state index contributed by atoms with van der Waals surface area (Å²) in [6.45, 7) is 2.62. The van der Waals surface area contributed by atoms with Crippen molar-refractivity contribution in [2.45, 2.75) is 31.5 Å². The summed E-state index contributed by atoms with van der Waals surface area (Å²) in [6, 6.07) is 7.40. The first-order chi connectivity index (χ1) is 11.5. The van der Waals surface area contributed by atoms with Crippen LogP contribution in [0.15, 0.2) is 33.9 Å². The maximum atomic E-state index is 12.1. The molecule has 0 atom stereocenters. The summed E-state index contributed by atoms with van der Waals surface area (Å²) < 4.78 is 2.79. The summed E-state index contributed by atoms with van der Waals surface area (Å²) in [4.78, 5) is 22.9. The first-order valence-corrected chi connectivity index (χ1v) is 9.16. The van der Waals surface area contributed by atoms with Crippen LogP contribution in [0, 0.1) is 0 Å². The molecule has 0 aliphatic carbocycles. The highest BCUT2D eigenvalue weighted by Crippen LogP contribution is 2.19. The van der Waals surface area contributed by atoms with E-state index in [1.54, 1.807) is 0 Å². The van der Waals surface area contributed by atoms with Crippen molar-refractivity contribution in [3.8, 4) is 0 Å². The lowest BCUT2D eigenvalue weighted by Gasteiger charge is -2.07. The van der Waals surface area contributed by atoms with E-state index in [4.69, 9.17) is 5.73 Å². The Balaban J connectivity index is 1.93.